The standard InChI is InChI=1S/C18H16N4O4S/c23-17(13-8-10-14(11-9-13)22(24)25)19-18-21-20-16(27-18)7-4-12-26-15-5-2-1-3-6-15/h1-3,5-6,8-11H,4,7,12H2,(H,19,21,23). The predicted molar refractivity (Wildman–Crippen MR) is 101 cm³/mol. The topological polar surface area (TPSA) is 107 Å². The van der Waals surface area contributed by atoms with Crippen molar-refractivity contribution in [3.8, 4) is 5.75 Å². The first-order valence-corrected chi connectivity index (χ1v) is 8.99. The number of carbonyl (C=O) groups excluding carboxylic acids is 1. The van der Waals surface area contributed by atoms with Gasteiger partial charge in [-0.1, -0.05) is 29.5 Å². The molecule has 0 saturated carbocycles. The van der Waals surface area contributed by atoms with Crippen LogP contribution in [0.3, 0.4) is 0 Å². The smallest absolute Gasteiger partial charge is 0.269 e. The Hall–Kier alpha value is -3.33. The van der Waals surface area contributed by atoms with Gasteiger partial charge in [0.25, 0.3) is 11.6 Å². The van der Waals surface area contributed by atoms with Gasteiger partial charge in [-0.3, -0.25) is 20.2 Å². The van der Waals surface area contributed by atoms with Gasteiger partial charge >= 0.3 is 0 Å². The van der Waals surface area contributed by atoms with E-state index in [9.17, 15) is 14.9 Å². The van der Waals surface area contributed by atoms with E-state index in [0.29, 0.717) is 23.7 Å². The van der Waals surface area contributed by atoms with Gasteiger partial charge in [0.1, 0.15) is 10.8 Å². The van der Waals surface area contributed by atoms with Crippen LogP contribution < -0.4 is 10.1 Å². The molecule has 1 amide bonds. The Labute approximate surface area is 159 Å². The average Bonchev–Trinajstić information content (AvgIpc) is 3.13. The van der Waals surface area contributed by atoms with Gasteiger partial charge in [0.15, 0.2) is 0 Å². The summed E-state index contributed by atoms with van der Waals surface area (Å²) in [5, 5.41) is 22.5. The van der Waals surface area contributed by atoms with E-state index in [0.717, 1.165) is 17.2 Å². The quantitative estimate of drug-likeness (QED) is 0.360. The molecule has 0 atom stereocenters. The van der Waals surface area contributed by atoms with Gasteiger partial charge in [-0.25, -0.2) is 0 Å². The number of amides is 1. The molecular weight excluding hydrogens is 368 g/mol. The second kappa shape index (κ2) is 8.86. The van der Waals surface area contributed by atoms with E-state index in [1.807, 2.05) is 30.3 Å². The second-order valence-corrected chi connectivity index (χ2v) is 6.59. The van der Waals surface area contributed by atoms with Gasteiger partial charge < -0.3 is 4.74 Å². The molecule has 0 unspecified atom stereocenters. The first kappa shape index (κ1) is 18.5. The molecule has 3 rings (SSSR count). The number of nitro groups is 1. The molecular formula is C18H16N4O4S. The Balaban J connectivity index is 1.47. The van der Waals surface area contributed by atoms with E-state index in [1.54, 1.807) is 0 Å². The third-order valence-electron chi connectivity index (χ3n) is 3.57. The van der Waals surface area contributed by atoms with Gasteiger partial charge in [-0.05, 0) is 30.7 Å². The summed E-state index contributed by atoms with van der Waals surface area (Å²) in [6.45, 7) is 0.564. The van der Waals surface area contributed by atoms with Crippen molar-refractivity contribution >= 4 is 28.1 Å². The van der Waals surface area contributed by atoms with Crippen molar-refractivity contribution in [3.05, 3.63) is 75.3 Å². The van der Waals surface area contributed by atoms with Crippen LogP contribution in [-0.4, -0.2) is 27.6 Å². The molecule has 8 nitrogen and oxygen atoms in total. The molecule has 1 N–H and O–H groups in total. The molecule has 138 valence electrons. The van der Waals surface area contributed by atoms with Crippen molar-refractivity contribution in [2.45, 2.75) is 12.8 Å². The number of rotatable bonds is 8. The summed E-state index contributed by atoms with van der Waals surface area (Å²) in [5.74, 6) is 0.436. The normalized spacial score (nSPS) is 10.4. The molecule has 0 bridgehead atoms. The molecule has 1 aromatic heterocycles. The number of anilines is 1. The molecule has 3 aromatic rings. The number of nitrogens with zero attached hydrogens (tertiary/aromatic N) is 3. The third kappa shape index (κ3) is 5.32. The van der Waals surface area contributed by atoms with Gasteiger partial charge in [-0.2, -0.15) is 0 Å². The summed E-state index contributed by atoms with van der Waals surface area (Å²) in [6, 6.07) is 14.9. The zero-order chi connectivity index (χ0) is 19.1. The molecule has 0 aliphatic carbocycles. The van der Waals surface area contributed by atoms with Crippen LogP contribution in [0, 0.1) is 10.1 Å². The van der Waals surface area contributed by atoms with Crippen LogP contribution in [0.1, 0.15) is 21.8 Å². The van der Waals surface area contributed by atoms with Crippen LogP contribution in [0.15, 0.2) is 54.6 Å². The number of ether oxygens (including phenoxy) is 1. The van der Waals surface area contributed by atoms with Crippen LogP contribution >= 0.6 is 11.3 Å². The first-order chi connectivity index (χ1) is 13.1. The monoisotopic (exact) mass is 384 g/mol. The molecule has 2 aromatic carbocycles. The summed E-state index contributed by atoms with van der Waals surface area (Å²) in [4.78, 5) is 22.3. The number of aromatic nitrogens is 2. The van der Waals surface area contributed by atoms with E-state index in [4.69, 9.17) is 4.74 Å². The van der Waals surface area contributed by atoms with E-state index in [1.165, 1.54) is 35.6 Å². The van der Waals surface area contributed by atoms with Crippen molar-refractivity contribution in [1.29, 1.82) is 0 Å². The van der Waals surface area contributed by atoms with E-state index in [2.05, 4.69) is 15.5 Å². The molecule has 0 aliphatic rings. The zero-order valence-electron chi connectivity index (χ0n) is 14.2. The minimum absolute atomic E-state index is 0.0672. The predicted octanol–water partition coefficient (Wildman–Crippen LogP) is 3.71. The van der Waals surface area contributed by atoms with Crippen molar-refractivity contribution in [2.75, 3.05) is 11.9 Å². The average molecular weight is 384 g/mol. The van der Waals surface area contributed by atoms with E-state index < -0.39 is 4.92 Å². The highest BCUT2D eigenvalue weighted by atomic mass is 32.1. The number of benzene rings is 2. The van der Waals surface area contributed by atoms with E-state index in [-0.39, 0.29) is 11.6 Å². The summed E-state index contributed by atoms with van der Waals surface area (Å²) >= 11 is 1.29. The molecule has 27 heavy (non-hydrogen) atoms. The van der Waals surface area contributed by atoms with Crippen LogP contribution in [0.25, 0.3) is 0 Å². The second-order valence-electron chi connectivity index (χ2n) is 5.52. The Morgan fingerprint density at radius 1 is 1.11 bits per heavy atom. The molecule has 0 radical (unpaired) electrons. The van der Waals surface area contributed by atoms with E-state index >= 15 is 0 Å². The van der Waals surface area contributed by atoms with Gasteiger partial charge in [0, 0.05) is 24.1 Å². The number of aryl methyl sites for hydroxylation is 1. The zero-order valence-corrected chi connectivity index (χ0v) is 15.0. The van der Waals surface area contributed by atoms with Crippen LogP contribution in [0.2, 0.25) is 0 Å². The van der Waals surface area contributed by atoms with Crippen LogP contribution in [0.5, 0.6) is 5.75 Å². The highest BCUT2D eigenvalue weighted by Crippen LogP contribution is 2.19. The van der Waals surface area contributed by atoms with Crippen molar-refractivity contribution in [1.82, 2.24) is 10.2 Å². The SMILES string of the molecule is O=C(Nc1nnc(CCCOc2ccccc2)s1)c1ccc([N+](=O)[O-])cc1. The number of hydrogen-bond acceptors (Lipinski definition) is 7. The fraction of sp³-hybridized carbons (Fsp3) is 0.167. The number of non-ortho nitro benzene ring substituents is 1. The molecule has 9 heteroatoms. The number of nitrogens with one attached hydrogen (secondary N) is 1. The molecule has 0 saturated heterocycles. The molecule has 0 aliphatic heterocycles. The lowest BCUT2D eigenvalue weighted by molar-refractivity contribution is -0.384. The largest absolute Gasteiger partial charge is 0.494 e. The van der Waals surface area contributed by atoms with Crippen molar-refractivity contribution in [2.24, 2.45) is 0 Å². The van der Waals surface area contributed by atoms with Crippen LogP contribution in [-0.2, 0) is 6.42 Å². The third-order valence-corrected chi connectivity index (χ3v) is 4.47. The summed E-state index contributed by atoms with van der Waals surface area (Å²) < 4.78 is 5.62. The molecule has 1 heterocycles. The Bertz CT molecular complexity index is 913. The lowest BCUT2D eigenvalue weighted by Crippen LogP contribution is -2.11. The molecule has 0 fully saturated rings. The Morgan fingerprint density at radius 2 is 1.85 bits per heavy atom. The van der Waals surface area contributed by atoms with Crippen LogP contribution in [0.4, 0.5) is 10.8 Å². The first-order valence-electron chi connectivity index (χ1n) is 8.18. The maximum absolute atomic E-state index is 12.2. The maximum Gasteiger partial charge on any atom is 0.269 e. The Morgan fingerprint density at radius 3 is 2.56 bits per heavy atom. The number of para-hydroxylation sites is 1. The minimum atomic E-state index is -0.514. The van der Waals surface area contributed by atoms with Gasteiger partial charge in [0.2, 0.25) is 5.13 Å². The molecule has 0 spiro atoms. The van der Waals surface area contributed by atoms with Crippen molar-refractivity contribution in [3.63, 3.8) is 0 Å². The van der Waals surface area contributed by atoms with Crippen molar-refractivity contribution < 1.29 is 14.5 Å². The summed E-state index contributed by atoms with van der Waals surface area (Å²) in [6.07, 6.45) is 1.47. The minimum Gasteiger partial charge on any atom is -0.494 e. The summed E-state index contributed by atoms with van der Waals surface area (Å²) in [7, 11) is 0. The van der Waals surface area contributed by atoms with Gasteiger partial charge in [-0.15, -0.1) is 10.2 Å². The highest BCUT2D eigenvalue weighted by Gasteiger charge is 2.12. The number of hydrogen-bond donors (Lipinski definition) is 1. The lowest BCUT2D eigenvalue weighted by Gasteiger charge is -2.04. The lowest BCUT2D eigenvalue weighted by atomic mass is 10.2. The Kier molecular flexibility index (Phi) is 6.06. The fourth-order valence-electron chi connectivity index (χ4n) is 2.24. The maximum atomic E-state index is 12.2. The summed E-state index contributed by atoms with van der Waals surface area (Å²) in [5.41, 5.74) is 0.246. The number of carbonyl (C=O) groups is 1. The highest BCUT2D eigenvalue weighted by molar-refractivity contribution is 7.15. The van der Waals surface area contributed by atoms with Gasteiger partial charge in [0.05, 0.1) is 11.5 Å². The number of nitro benzene ring substituents is 1. The fourth-order valence-corrected chi connectivity index (χ4v) is 3.02.